The van der Waals surface area contributed by atoms with Crippen molar-refractivity contribution in [3.05, 3.63) is 0 Å². The number of ketones is 1. The van der Waals surface area contributed by atoms with Crippen LogP contribution in [-0.4, -0.2) is 22.6 Å². The van der Waals surface area contributed by atoms with Gasteiger partial charge >= 0.3 is 5.97 Å². The van der Waals surface area contributed by atoms with E-state index >= 15 is 0 Å². The van der Waals surface area contributed by atoms with Gasteiger partial charge < -0.3 is 5.11 Å². The molecule has 0 heterocycles. The van der Waals surface area contributed by atoms with E-state index in [4.69, 9.17) is 5.11 Å². The first-order valence-electron chi connectivity index (χ1n) is 5.45. The number of rotatable bonds is 4. The lowest BCUT2D eigenvalue weighted by Crippen LogP contribution is -2.35. The van der Waals surface area contributed by atoms with E-state index in [-0.39, 0.29) is 17.6 Å². The first-order valence-corrected chi connectivity index (χ1v) is 6.08. The van der Waals surface area contributed by atoms with E-state index in [1.807, 2.05) is 6.92 Å². The lowest BCUT2D eigenvalue weighted by molar-refractivity contribution is -0.149. The summed E-state index contributed by atoms with van der Waals surface area (Å²) >= 11 is 4.09. The highest BCUT2D eigenvalue weighted by atomic mass is 32.1. The van der Waals surface area contributed by atoms with Gasteiger partial charge in [-0.05, 0) is 18.6 Å². The lowest BCUT2D eigenvalue weighted by atomic mass is 9.74. The third kappa shape index (κ3) is 2.97. The Balaban J connectivity index is 2.71. The molecule has 1 unspecified atom stereocenters. The van der Waals surface area contributed by atoms with Crippen molar-refractivity contribution in [2.24, 2.45) is 17.8 Å². The standard InChI is InChI=1S/C11H18O3S/c1-7(6-15)10(12)8-4-2-3-5-9(8)11(13)14/h7-9,15H,2-6H2,1H3,(H,13,14)/t7?,8-,9-/m0/s1. The van der Waals surface area contributed by atoms with Gasteiger partial charge in [0.2, 0.25) is 0 Å². The smallest absolute Gasteiger partial charge is 0.307 e. The van der Waals surface area contributed by atoms with Crippen LogP contribution >= 0.6 is 12.6 Å². The van der Waals surface area contributed by atoms with Gasteiger partial charge in [-0.2, -0.15) is 12.6 Å². The minimum absolute atomic E-state index is 0.0806. The summed E-state index contributed by atoms with van der Waals surface area (Å²) < 4.78 is 0. The fourth-order valence-corrected chi connectivity index (χ4v) is 2.40. The molecule has 1 aliphatic rings. The topological polar surface area (TPSA) is 54.4 Å². The summed E-state index contributed by atoms with van der Waals surface area (Å²) in [6.45, 7) is 1.82. The molecule has 1 saturated carbocycles. The average Bonchev–Trinajstić information content (AvgIpc) is 2.27. The molecular formula is C11H18O3S. The molecule has 0 radical (unpaired) electrons. The summed E-state index contributed by atoms with van der Waals surface area (Å²) in [6.07, 6.45) is 3.27. The molecule has 0 saturated heterocycles. The van der Waals surface area contributed by atoms with Gasteiger partial charge in [0.1, 0.15) is 5.78 Å². The highest BCUT2D eigenvalue weighted by Crippen LogP contribution is 2.32. The van der Waals surface area contributed by atoms with Crippen molar-refractivity contribution in [2.45, 2.75) is 32.6 Å². The van der Waals surface area contributed by atoms with Gasteiger partial charge in [-0.1, -0.05) is 19.8 Å². The van der Waals surface area contributed by atoms with Crippen molar-refractivity contribution in [2.75, 3.05) is 5.75 Å². The van der Waals surface area contributed by atoms with E-state index in [0.29, 0.717) is 12.2 Å². The lowest BCUT2D eigenvalue weighted by Gasteiger charge is -2.28. The number of carbonyl (C=O) groups excluding carboxylic acids is 1. The number of carboxylic acid groups (broad SMARTS) is 1. The van der Waals surface area contributed by atoms with Crippen molar-refractivity contribution in [1.29, 1.82) is 0 Å². The van der Waals surface area contributed by atoms with Crippen molar-refractivity contribution in [1.82, 2.24) is 0 Å². The van der Waals surface area contributed by atoms with Gasteiger partial charge in [0, 0.05) is 11.8 Å². The maximum atomic E-state index is 11.9. The van der Waals surface area contributed by atoms with Crippen LogP contribution in [0.3, 0.4) is 0 Å². The van der Waals surface area contributed by atoms with Crippen LogP contribution in [0.5, 0.6) is 0 Å². The van der Waals surface area contributed by atoms with Gasteiger partial charge in [-0.3, -0.25) is 9.59 Å². The predicted octanol–water partition coefficient (Wildman–Crippen LogP) is 2.01. The molecule has 4 heteroatoms. The van der Waals surface area contributed by atoms with Crippen LogP contribution in [-0.2, 0) is 9.59 Å². The molecule has 1 N–H and O–H groups in total. The monoisotopic (exact) mass is 230 g/mol. The number of thiol groups is 1. The summed E-state index contributed by atoms with van der Waals surface area (Å²) in [5.74, 6) is -1.11. The highest BCUT2D eigenvalue weighted by Gasteiger charge is 2.36. The molecule has 0 aromatic carbocycles. The Morgan fingerprint density at radius 3 is 2.33 bits per heavy atom. The first-order chi connectivity index (χ1) is 7.07. The first kappa shape index (κ1) is 12.6. The zero-order valence-electron chi connectivity index (χ0n) is 8.98. The number of aliphatic carboxylic acids is 1. The van der Waals surface area contributed by atoms with Gasteiger partial charge in [-0.25, -0.2) is 0 Å². The van der Waals surface area contributed by atoms with Crippen molar-refractivity contribution in [3.63, 3.8) is 0 Å². The summed E-state index contributed by atoms with van der Waals surface area (Å²) in [4.78, 5) is 22.9. The summed E-state index contributed by atoms with van der Waals surface area (Å²) in [5, 5.41) is 9.04. The molecule has 3 nitrogen and oxygen atoms in total. The quantitative estimate of drug-likeness (QED) is 0.726. The molecule has 1 rings (SSSR count). The molecule has 1 aliphatic carbocycles. The van der Waals surface area contributed by atoms with E-state index in [1.165, 1.54) is 0 Å². The van der Waals surface area contributed by atoms with Gasteiger partial charge in [0.05, 0.1) is 5.92 Å². The van der Waals surface area contributed by atoms with E-state index in [2.05, 4.69) is 12.6 Å². The summed E-state index contributed by atoms with van der Waals surface area (Å²) in [6, 6.07) is 0. The molecule has 0 aliphatic heterocycles. The largest absolute Gasteiger partial charge is 0.481 e. The van der Waals surface area contributed by atoms with E-state index in [1.54, 1.807) is 0 Å². The van der Waals surface area contributed by atoms with E-state index < -0.39 is 11.9 Å². The zero-order chi connectivity index (χ0) is 11.4. The Morgan fingerprint density at radius 2 is 1.87 bits per heavy atom. The Bertz CT molecular complexity index is 252. The molecule has 15 heavy (non-hydrogen) atoms. The average molecular weight is 230 g/mol. The van der Waals surface area contributed by atoms with E-state index in [0.717, 1.165) is 19.3 Å². The molecule has 0 amide bonds. The third-order valence-corrected chi connectivity index (χ3v) is 3.76. The number of hydrogen-bond acceptors (Lipinski definition) is 3. The zero-order valence-corrected chi connectivity index (χ0v) is 9.87. The number of hydrogen-bond donors (Lipinski definition) is 2. The minimum atomic E-state index is -0.820. The van der Waals surface area contributed by atoms with Crippen molar-refractivity contribution in [3.8, 4) is 0 Å². The molecule has 0 aromatic heterocycles. The fraction of sp³-hybridized carbons (Fsp3) is 0.818. The summed E-state index contributed by atoms with van der Waals surface area (Å²) in [5.41, 5.74) is 0. The van der Waals surface area contributed by atoms with Crippen LogP contribution < -0.4 is 0 Å². The van der Waals surface area contributed by atoms with Crippen LogP contribution in [0, 0.1) is 17.8 Å². The highest BCUT2D eigenvalue weighted by molar-refractivity contribution is 7.80. The summed E-state index contributed by atoms with van der Waals surface area (Å²) in [7, 11) is 0. The van der Waals surface area contributed by atoms with Crippen LogP contribution in [0.1, 0.15) is 32.6 Å². The Kier molecular flexibility index (Phi) is 4.64. The molecule has 0 bridgehead atoms. The third-order valence-electron chi connectivity index (χ3n) is 3.21. The second-order valence-corrected chi connectivity index (χ2v) is 4.69. The second-order valence-electron chi connectivity index (χ2n) is 4.32. The molecular weight excluding hydrogens is 212 g/mol. The molecule has 3 atom stereocenters. The van der Waals surface area contributed by atoms with Crippen molar-refractivity contribution >= 4 is 24.4 Å². The van der Waals surface area contributed by atoms with Crippen molar-refractivity contribution < 1.29 is 14.7 Å². The van der Waals surface area contributed by atoms with Crippen LogP contribution in [0.15, 0.2) is 0 Å². The van der Waals surface area contributed by atoms with Gasteiger partial charge in [-0.15, -0.1) is 0 Å². The molecule has 0 spiro atoms. The Hall–Kier alpha value is -0.510. The number of Topliss-reactive ketones (excluding diaryl/α,β-unsaturated/α-hetero) is 1. The van der Waals surface area contributed by atoms with Gasteiger partial charge in [0.25, 0.3) is 0 Å². The van der Waals surface area contributed by atoms with Crippen LogP contribution in [0.25, 0.3) is 0 Å². The Morgan fingerprint density at radius 1 is 1.33 bits per heavy atom. The predicted molar refractivity (Wildman–Crippen MR) is 61.1 cm³/mol. The van der Waals surface area contributed by atoms with Gasteiger partial charge in [0.15, 0.2) is 0 Å². The van der Waals surface area contributed by atoms with Crippen LogP contribution in [0.2, 0.25) is 0 Å². The van der Waals surface area contributed by atoms with E-state index in [9.17, 15) is 9.59 Å². The number of carbonyl (C=O) groups is 2. The van der Waals surface area contributed by atoms with Crippen LogP contribution in [0.4, 0.5) is 0 Å². The molecule has 1 fully saturated rings. The SMILES string of the molecule is CC(CS)C(=O)[C@H]1CCCC[C@@H]1C(=O)O. The maximum Gasteiger partial charge on any atom is 0.307 e. The normalized spacial score (nSPS) is 28.4. The Labute approximate surface area is 95.7 Å². The maximum absolute atomic E-state index is 11.9. The fourth-order valence-electron chi connectivity index (χ4n) is 2.22. The molecule has 86 valence electrons. The molecule has 0 aromatic rings. The number of carboxylic acids is 1. The minimum Gasteiger partial charge on any atom is -0.481 e. The second kappa shape index (κ2) is 5.54.